The second-order valence-corrected chi connectivity index (χ2v) is 8.18. The summed E-state index contributed by atoms with van der Waals surface area (Å²) in [7, 11) is 0. The molecule has 1 aromatic heterocycles. The van der Waals surface area contributed by atoms with Gasteiger partial charge in [-0.05, 0) is 59.6 Å². The molecule has 6 nitrogen and oxygen atoms in total. The number of benzene rings is 2. The summed E-state index contributed by atoms with van der Waals surface area (Å²) in [6.07, 6.45) is 5.67. The number of amides is 1. The number of nitrogens with zero attached hydrogens (tertiary/aromatic N) is 1. The summed E-state index contributed by atoms with van der Waals surface area (Å²) >= 11 is 0. The average molecular weight is 431 g/mol. The highest BCUT2D eigenvalue weighted by molar-refractivity contribution is 5.79. The van der Waals surface area contributed by atoms with Crippen LogP contribution in [0.1, 0.15) is 34.6 Å². The van der Waals surface area contributed by atoms with Crippen LogP contribution in [0.2, 0.25) is 0 Å². The lowest BCUT2D eigenvalue weighted by atomic mass is 9.68. The number of rotatable bonds is 8. The zero-order chi connectivity index (χ0) is 22.5. The van der Waals surface area contributed by atoms with Crippen LogP contribution >= 0.6 is 0 Å². The number of hydrogen-bond acceptors (Lipinski definition) is 4. The molecule has 0 aliphatic heterocycles. The number of fused-ring (bicyclic) bond motifs is 1. The summed E-state index contributed by atoms with van der Waals surface area (Å²) < 4.78 is 5.50. The molecule has 0 radical (unpaired) electrons. The number of pyridine rings is 1. The molecule has 1 aliphatic carbocycles. The number of carboxylic acids is 1. The highest BCUT2D eigenvalue weighted by Crippen LogP contribution is 2.42. The van der Waals surface area contributed by atoms with Crippen molar-refractivity contribution < 1.29 is 19.4 Å². The van der Waals surface area contributed by atoms with Gasteiger partial charge in [0.15, 0.2) is 6.61 Å². The summed E-state index contributed by atoms with van der Waals surface area (Å²) in [6.45, 7) is -0.374. The van der Waals surface area contributed by atoms with Crippen molar-refractivity contribution in [2.24, 2.45) is 17.6 Å². The Morgan fingerprint density at radius 3 is 2.53 bits per heavy atom. The molecule has 3 atom stereocenters. The van der Waals surface area contributed by atoms with Crippen molar-refractivity contribution in [3.63, 3.8) is 0 Å². The van der Waals surface area contributed by atoms with Crippen molar-refractivity contribution in [2.45, 2.75) is 25.2 Å². The van der Waals surface area contributed by atoms with E-state index in [-0.39, 0.29) is 24.3 Å². The van der Waals surface area contributed by atoms with E-state index in [1.807, 2.05) is 60.8 Å². The first-order valence-corrected chi connectivity index (χ1v) is 10.7. The predicted octanol–water partition coefficient (Wildman–Crippen LogP) is 3.58. The lowest BCUT2D eigenvalue weighted by molar-refractivity contribution is -0.139. The molecule has 3 aromatic rings. The van der Waals surface area contributed by atoms with Gasteiger partial charge < -0.3 is 15.6 Å². The molecule has 1 aliphatic rings. The van der Waals surface area contributed by atoms with E-state index >= 15 is 0 Å². The molecule has 164 valence electrons. The molecular formula is C26H26N2O4. The molecule has 3 N–H and O–H groups in total. The number of carbonyl (C=O) groups excluding carboxylic acids is 1. The molecule has 0 fully saturated rings. The minimum Gasteiger partial charge on any atom is -0.482 e. The van der Waals surface area contributed by atoms with Gasteiger partial charge in [-0.15, -0.1) is 0 Å². The molecule has 4 rings (SSSR count). The van der Waals surface area contributed by atoms with E-state index in [2.05, 4.69) is 4.98 Å². The first-order valence-electron chi connectivity index (χ1n) is 10.7. The molecular weight excluding hydrogens is 404 g/mol. The van der Waals surface area contributed by atoms with Crippen LogP contribution in [0, 0.1) is 11.8 Å². The summed E-state index contributed by atoms with van der Waals surface area (Å²) in [4.78, 5) is 28.1. The van der Waals surface area contributed by atoms with Crippen molar-refractivity contribution in [1.29, 1.82) is 0 Å². The largest absolute Gasteiger partial charge is 0.482 e. The van der Waals surface area contributed by atoms with Gasteiger partial charge >= 0.3 is 5.97 Å². The average Bonchev–Trinajstić information content (AvgIpc) is 2.81. The van der Waals surface area contributed by atoms with Gasteiger partial charge in [-0.2, -0.15) is 0 Å². The minimum absolute atomic E-state index is 0.0418. The third-order valence-corrected chi connectivity index (χ3v) is 6.23. The monoisotopic (exact) mass is 430 g/mol. The standard InChI is InChI=1S/C26H26N2O4/c27-26(31)25(24(17-6-2-1-3-7-17)20-9-5-13-28-15-20)19-11-12-21-18(14-19)8-4-10-22(21)32-16-23(29)30/h1-10,13,15,19,24-25H,11-12,14,16H2,(H2,27,31)(H,29,30). The zero-order valence-electron chi connectivity index (χ0n) is 17.7. The van der Waals surface area contributed by atoms with E-state index in [0.717, 1.165) is 28.7 Å². The molecule has 2 aromatic carbocycles. The van der Waals surface area contributed by atoms with Crippen LogP contribution in [0.25, 0.3) is 0 Å². The fourth-order valence-corrected chi connectivity index (χ4v) is 4.88. The fourth-order valence-electron chi connectivity index (χ4n) is 4.88. The van der Waals surface area contributed by atoms with Crippen molar-refractivity contribution >= 4 is 11.9 Å². The number of aromatic nitrogens is 1. The number of ether oxygens (including phenoxy) is 1. The van der Waals surface area contributed by atoms with E-state index in [1.165, 1.54) is 0 Å². The molecule has 1 amide bonds. The summed E-state index contributed by atoms with van der Waals surface area (Å²) in [5, 5.41) is 8.95. The van der Waals surface area contributed by atoms with E-state index in [1.54, 1.807) is 12.3 Å². The second-order valence-electron chi connectivity index (χ2n) is 8.18. The molecule has 3 unspecified atom stereocenters. The quantitative estimate of drug-likeness (QED) is 0.569. The Kier molecular flexibility index (Phi) is 6.50. The van der Waals surface area contributed by atoms with E-state index in [9.17, 15) is 9.59 Å². The van der Waals surface area contributed by atoms with Gasteiger partial charge in [-0.1, -0.05) is 48.5 Å². The van der Waals surface area contributed by atoms with Crippen molar-refractivity contribution in [3.05, 3.63) is 95.3 Å². The number of aliphatic carboxylic acids is 1. The van der Waals surface area contributed by atoms with E-state index in [4.69, 9.17) is 15.6 Å². The zero-order valence-corrected chi connectivity index (χ0v) is 17.7. The topological polar surface area (TPSA) is 103 Å². The Labute approximate surface area is 187 Å². The number of nitrogens with two attached hydrogens (primary N) is 1. The molecule has 0 bridgehead atoms. The number of carbonyl (C=O) groups is 2. The third kappa shape index (κ3) is 4.64. The van der Waals surface area contributed by atoms with Gasteiger partial charge in [0.1, 0.15) is 5.75 Å². The first kappa shape index (κ1) is 21.6. The van der Waals surface area contributed by atoms with Gasteiger partial charge in [-0.25, -0.2) is 4.79 Å². The molecule has 0 spiro atoms. The van der Waals surface area contributed by atoms with Crippen LogP contribution in [-0.2, 0) is 22.4 Å². The van der Waals surface area contributed by atoms with Crippen LogP contribution in [0.5, 0.6) is 5.75 Å². The molecule has 1 heterocycles. The maximum atomic E-state index is 12.9. The third-order valence-electron chi connectivity index (χ3n) is 6.23. The fraction of sp³-hybridized carbons (Fsp3) is 0.269. The van der Waals surface area contributed by atoms with Gasteiger partial charge in [0, 0.05) is 18.3 Å². The van der Waals surface area contributed by atoms with Crippen LogP contribution in [0.3, 0.4) is 0 Å². The Balaban J connectivity index is 1.68. The van der Waals surface area contributed by atoms with E-state index in [0.29, 0.717) is 18.6 Å². The Morgan fingerprint density at radius 1 is 1.06 bits per heavy atom. The summed E-state index contributed by atoms with van der Waals surface area (Å²) in [6, 6.07) is 19.5. The molecule has 0 saturated heterocycles. The van der Waals surface area contributed by atoms with Crippen LogP contribution in [0.4, 0.5) is 0 Å². The maximum absolute atomic E-state index is 12.9. The predicted molar refractivity (Wildman–Crippen MR) is 120 cm³/mol. The van der Waals surface area contributed by atoms with Crippen LogP contribution in [-0.4, -0.2) is 28.6 Å². The Morgan fingerprint density at radius 2 is 1.84 bits per heavy atom. The van der Waals surface area contributed by atoms with E-state index < -0.39 is 11.9 Å². The number of primary amides is 1. The molecule has 6 heteroatoms. The van der Waals surface area contributed by atoms with Gasteiger partial charge in [0.2, 0.25) is 5.91 Å². The Bertz CT molecular complexity index is 1050. The highest BCUT2D eigenvalue weighted by Gasteiger charge is 2.38. The summed E-state index contributed by atoms with van der Waals surface area (Å²) in [5.41, 5.74) is 10.1. The normalized spacial score (nSPS) is 17.1. The van der Waals surface area contributed by atoms with Crippen LogP contribution < -0.4 is 10.5 Å². The van der Waals surface area contributed by atoms with Crippen molar-refractivity contribution in [2.75, 3.05) is 6.61 Å². The van der Waals surface area contributed by atoms with Gasteiger partial charge in [0.05, 0.1) is 5.92 Å². The molecule has 0 saturated carbocycles. The van der Waals surface area contributed by atoms with Crippen LogP contribution in [0.15, 0.2) is 73.1 Å². The smallest absolute Gasteiger partial charge is 0.341 e. The van der Waals surface area contributed by atoms with Gasteiger partial charge in [-0.3, -0.25) is 9.78 Å². The number of hydrogen-bond donors (Lipinski definition) is 2. The Hall–Kier alpha value is -3.67. The van der Waals surface area contributed by atoms with Gasteiger partial charge in [0.25, 0.3) is 0 Å². The molecule has 32 heavy (non-hydrogen) atoms. The lowest BCUT2D eigenvalue weighted by Gasteiger charge is -2.35. The minimum atomic E-state index is -1.01. The SMILES string of the molecule is NC(=O)C(C1CCc2c(cccc2OCC(=O)O)C1)C(c1ccccc1)c1cccnc1. The van der Waals surface area contributed by atoms with Crippen molar-refractivity contribution in [3.8, 4) is 5.75 Å². The highest BCUT2D eigenvalue weighted by atomic mass is 16.5. The summed E-state index contributed by atoms with van der Waals surface area (Å²) in [5.74, 6) is -1.29. The maximum Gasteiger partial charge on any atom is 0.341 e. The first-order chi connectivity index (χ1) is 15.5. The lowest BCUT2D eigenvalue weighted by Crippen LogP contribution is -2.38. The number of carboxylic acid groups (broad SMARTS) is 1. The second kappa shape index (κ2) is 9.64. The van der Waals surface area contributed by atoms with Crippen molar-refractivity contribution in [1.82, 2.24) is 4.98 Å².